The van der Waals surface area contributed by atoms with Gasteiger partial charge in [0.2, 0.25) is 5.91 Å². The molecule has 1 radical (unpaired) electrons. The Labute approximate surface area is 115 Å². The van der Waals surface area contributed by atoms with Crippen molar-refractivity contribution in [3.05, 3.63) is 23.8 Å². The Balaban J connectivity index is 1.78. The predicted octanol–water partition coefficient (Wildman–Crippen LogP) is 3.70. The number of carbonyl (C=O) groups excluding carboxylic acids is 1. The third-order valence-electron chi connectivity index (χ3n) is 4.01. The van der Waals surface area contributed by atoms with E-state index in [0.29, 0.717) is 17.8 Å². The summed E-state index contributed by atoms with van der Waals surface area (Å²) in [5.41, 5.74) is 8.21. The lowest BCUT2D eigenvalue weighted by Crippen LogP contribution is -2.14. The van der Waals surface area contributed by atoms with Gasteiger partial charge in [-0.3, -0.25) is 4.79 Å². The zero-order valence-electron chi connectivity index (χ0n) is 11.7. The lowest BCUT2D eigenvalue weighted by atomic mass is 9.86. The molecule has 0 aliphatic heterocycles. The molecule has 0 aromatic heterocycles. The van der Waals surface area contributed by atoms with Crippen LogP contribution in [0.1, 0.15) is 50.5 Å². The first-order valence-electron chi connectivity index (χ1n) is 7.26. The average molecular weight is 259 g/mol. The lowest BCUT2D eigenvalue weighted by molar-refractivity contribution is -0.120. The van der Waals surface area contributed by atoms with E-state index in [2.05, 4.69) is 5.32 Å². The number of nitrogens with zero attached hydrogens (tertiary/aromatic N) is 1. The van der Waals surface area contributed by atoms with Gasteiger partial charge in [0, 0.05) is 12.1 Å². The van der Waals surface area contributed by atoms with Gasteiger partial charge >= 0.3 is 0 Å². The van der Waals surface area contributed by atoms with Gasteiger partial charge in [0.1, 0.15) is 0 Å². The fraction of sp³-hybridized carbons (Fsp3) is 0.562. The van der Waals surface area contributed by atoms with Gasteiger partial charge in [-0.1, -0.05) is 38.2 Å². The highest BCUT2D eigenvalue weighted by atomic mass is 16.1. The van der Waals surface area contributed by atoms with Crippen LogP contribution in [0.4, 0.5) is 11.4 Å². The predicted molar refractivity (Wildman–Crippen MR) is 78.2 cm³/mol. The van der Waals surface area contributed by atoms with E-state index in [-0.39, 0.29) is 5.91 Å². The van der Waals surface area contributed by atoms with Crippen molar-refractivity contribution in [2.45, 2.75) is 51.9 Å². The lowest BCUT2D eigenvalue weighted by Gasteiger charge is -2.20. The second kappa shape index (κ2) is 6.60. The Hall–Kier alpha value is -1.51. The molecule has 2 N–H and O–H groups in total. The Morgan fingerprint density at radius 3 is 2.74 bits per heavy atom. The van der Waals surface area contributed by atoms with Gasteiger partial charge in [0.05, 0.1) is 5.69 Å². The van der Waals surface area contributed by atoms with Crippen molar-refractivity contribution in [3.63, 3.8) is 0 Å². The van der Waals surface area contributed by atoms with E-state index in [1.54, 1.807) is 6.07 Å². The third kappa shape index (κ3) is 4.27. The van der Waals surface area contributed by atoms with Crippen molar-refractivity contribution in [2.24, 2.45) is 5.92 Å². The minimum Gasteiger partial charge on any atom is -0.398 e. The van der Waals surface area contributed by atoms with Gasteiger partial charge in [-0.25, -0.2) is 5.32 Å². The van der Waals surface area contributed by atoms with E-state index < -0.39 is 0 Å². The van der Waals surface area contributed by atoms with E-state index >= 15 is 0 Å². The number of benzene rings is 1. The average Bonchev–Trinajstić information content (AvgIpc) is 2.42. The number of hydrogen-bond acceptors (Lipinski definition) is 2. The highest BCUT2D eigenvalue weighted by molar-refractivity contribution is 5.81. The molecule has 1 aromatic rings. The van der Waals surface area contributed by atoms with Crippen LogP contribution >= 0.6 is 0 Å². The topological polar surface area (TPSA) is 57.2 Å². The normalized spacial score (nSPS) is 16.3. The van der Waals surface area contributed by atoms with E-state index in [4.69, 9.17) is 5.73 Å². The van der Waals surface area contributed by atoms with Crippen LogP contribution in [0.2, 0.25) is 0 Å². The summed E-state index contributed by atoms with van der Waals surface area (Å²) in [6.45, 7) is 1.95. The fourth-order valence-corrected chi connectivity index (χ4v) is 2.70. The summed E-state index contributed by atoms with van der Waals surface area (Å²) in [4.78, 5) is 11.8. The van der Waals surface area contributed by atoms with E-state index in [1.807, 2.05) is 19.1 Å². The smallest absolute Gasteiger partial charge is 0.246 e. The third-order valence-corrected chi connectivity index (χ3v) is 4.01. The standard InChI is InChI=1S/C16H23N2O/c1-12-7-9-14(11-15(12)17)18-16(19)10-8-13-5-3-2-4-6-13/h7,9,11,13H,2-6,8,10,17H2,1H3. The monoisotopic (exact) mass is 259 g/mol. The molecule has 1 saturated carbocycles. The summed E-state index contributed by atoms with van der Waals surface area (Å²) in [6.07, 6.45) is 8.13. The first kappa shape index (κ1) is 13.9. The molecule has 1 aromatic carbocycles. The molecule has 2 rings (SSSR count). The van der Waals surface area contributed by atoms with Crippen LogP contribution in [-0.4, -0.2) is 5.91 Å². The van der Waals surface area contributed by atoms with Gasteiger partial charge in [0.15, 0.2) is 0 Å². The van der Waals surface area contributed by atoms with E-state index in [1.165, 1.54) is 32.1 Å². The summed E-state index contributed by atoms with van der Waals surface area (Å²) in [7, 11) is 0. The number of rotatable bonds is 4. The van der Waals surface area contributed by atoms with Crippen molar-refractivity contribution in [2.75, 3.05) is 5.73 Å². The number of amides is 1. The quantitative estimate of drug-likeness (QED) is 0.838. The van der Waals surface area contributed by atoms with Crippen molar-refractivity contribution < 1.29 is 4.79 Å². The molecule has 1 aliphatic rings. The molecule has 0 atom stereocenters. The molecule has 3 heteroatoms. The minimum atomic E-state index is -0.0196. The number of nitrogen functional groups attached to an aromatic ring is 1. The van der Waals surface area contributed by atoms with Crippen LogP contribution in [0, 0.1) is 12.8 Å². The van der Waals surface area contributed by atoms with Crippen LogP contribution in [0.15, 0.2) is 18.2 Å². The molecular formula is C16H23N2O. The molecule has 0 spiro atoms. The van der Waals surface area contributed by atoms with Gasteiger partial charge in [-0.15, -0.1) is 0 Å². The maximum Gasteiger partial charge on any atom is 0.246 e. The van der Waals surface area contributed by atoms with Crippen LogP contribution < -0.4 is 11.1 Å². The van der Waals surface area contributed by atoms with Crippen molar-refractivity contribution in [1.29, 1.82) is 0 Å². The zero-order chi connectivity index (χ0) is 13.7. The first-order chi connectivity index (χ1) is 9.15. The van der Waals surface area contributed by atoms with Gasteiger partial charge in [-0.05, 0) is 37.0 Å². The SMILES string of the molecule is Cc1ccc([N]C(=O)CCC2CCCCC2)cc1N. The highest BCUT2D eigenvalue weighted by Crippen LogP contribution is 2.27. The summed E-state index contributed by atoms with van der Waals surface area (Å²) >= 11 is 0. The fourth-order valence-electron chi connectivity index (χ4n) is 2.70. The molecule has 0 bridgehead atoms. The van der Waals surface area contributed by atoms with Crippen molar-refractivity contribution in [3.8, 4) is 0 Å². The Bertz CT molecular complexity index is 436. The number of carbonyl (C=O) groups is 1. The molecule has 1 aliphatic carbocycles. The van der Waals surface area contributed by atoms with E-state index in [9.17, 15) is 4.79 Å². The van der Waals surface area contributed by atoms with Gasteiger partial charge in [-0.2, -0.15) is 0 Å². The van der Waals surface area contributed by atoms with Crippen LogP contribution in [0.25, 0.3) is 0 Å². The maximum atomic E-state index is 11.8. The molecule has 0 heterocycles. The second-order valence-electron chi connectivity index (χ2n) is 5.59. The summed E-state index contributed by atoms with van der Waals surface area (Å²) in [5, 5.41) is 4.13. The molecule has 1 amide bonds. The Morgan fingerprint density at radius 2 is 2.05 bits per heavy atom. The molecule has 0 saturated heterocycles. The number of aryl methyl sites for hydroxylation is 1. The molecule has 0 unspecified atom stereocenters. The molecule has 103 valence electrons. The number of nitrogens with two attached hydrogens (primary N) is 1. The molecule has 1 fully saturated rings. The largest absolute Gasteiger partial charge is 0.398 e. The summed E-state index contributed by atoms with van der Waals surface area (Å²) in [6, 6.07) is 5.53. The summed E-state index contributed by atoms with van der Waals surface area (Å²) < 4.78 is 0. The number of anilines is 1. The first-order valence-corrected chi connectivity index (χ1v) is 7.26. The summed E-state index contributed by atoms with van der Waals surface area (Å²) in [5.74, 6) is 0.713. The second-order valence-corrected chi connectivity index (χ2v) is 5.59. The number of hydrogen-bond donors (Lipinski definition) is 1. The Kier molecular flexibility index (Phi) is 4.83. The van der Waals surface area contributed by atoms with E-state index in [0.717, 1.165) is 17.9 Å². The molecule has 3 nitrogen and oxygen atoms in total. The van der Waals surface area contributed by atoms with Crippen molar-refractivity contribution in [1.82, 2.24) is 5.32 Å². The van der Waals surface area contributed by atoms with Crippen LogP contribution in [-0.2, 0) is 4.79 Å². The zero-order valence-corrected chi connectivity index (χ0v) is 11.7. The van der Waals surface area contributed by atoms with Crippen LogP contribution in [0.3, 0.4) is 0 Å². The maximum absolute atomic E-state index is 11.8. The van der Waals surface area contributed by atoms with Gasteiger partial charge in [0.25, 0.3) is 0 Å². The minimum absolute atomic E-state index is 0.0196. The molecule has 19 heavy (non-hydrogen) atoms. The molecular weight excluding hydrogens is 236 g/mol. The Morgan fingerprint density at radius 1 is 1.32 bits per heavy atom. The van der Waals surface area contributed by atoms with Crippen molar-refractivity contribution >= 4 is 17.3 Å². The van der Waals surface area contributed by atoms with Gasteiger partial charge < -0.3 is 5.73 Å². The highest BCUT2D eigenvalue weighted by Gasteiger charge is 2.15. The van der Waals surface area contributed by atoms with Crippen LogP contribution in [0.5, 0.6) is 0 Å².